The molecular formula is C12H16N4OS. The highest BCUT2D eigenvalue weighted by molar-refractivity contribution is 7.99. The van der Waals surface area contributed by atoms with Crippen LogP contribution < -0.4 is 11.3 Å². The molecule has 0 spiro atoms. The van der Waals surface area contributed by atoms with Gasteiger partial charge in [0.15, 0.2) is 5.16 Å². The fourth-order valence-corrected chi connectivity index (χ4v) is 2.47. The summed E-state index contributed by atoms with van der Waals surface area (Å²) in [5, 5.41) is 0.892. The number of hydrogen-bond donors (Lipinski definition) is 3. The minimum Gasteiger partial charge on any atom is -0.333 e. The van der Waals surface area contributed by atoms with Crippen LogP contribution in [0, 0.1) is 6.92 Å². The van der Waals surface area contributed by atoms with E-state index < -0.39 is 0 Å². The number of nitrogens with zero attached hydrogens (tertiary/aromatic N) is 1. The van der Waals surface area contributed by atoms with E-state index in [1.165, 1.54) is 5.56 Å². The standard InChI is InChI=1S/C12H16N4OS/c1-8-4-5-9-10(7-8)15-12(14-9)18-6-2-3-11(17)16-13/h4-5,7H,2-3,6,13H2,1H3,(H,14,15)(H,16,17). The van der Waals surface area contributed by atoms with E-state index in [4.69, 9.17) is 5.84 Å². The lowest BCUT2D eigenvalue weighted by Gasteiger charge is -1.98. The molecular weight excluding hydrogens is 248 g/mol. The molecule has 0 aliphatic rings. The Hall–Kier alpha value is -1.53. The summed E-state index contributed by atoms with van der Waals surface area (Å²) in [6, 6.07) is 6.13. The normalized spacial score (nSPS) is 10.8. The number of thioether (sulfide) groups is 1. The number of nitrogens with two attached hydrogens (primary N) is 1. The fraction of sp³-hybridized carbons (Fsp3) is 0.333. The Kier molecular flexibility index (Phi) is 4.22. The smallest absolute Gasteiger partial charge is 0.233 e. The number of rotatable bonds is 5. The molecule has 0 atom stereocenters. The van der Waals surface area contributed by atoms with E-state index in [9.17, 15) is 4.79 Å². The van der Waals surface area contributed by atoms with E-state index in [0.717, 1.165) is 28.4 Å². The van der Waals surface area contributed by atoms with E-state index in [0.29, 0.717) is 6.42 Å². The van der Waals surface area contributed by atoms with Gasteiger partial charge in [0.05, 0.1) is 11.0 Å². The van der Waals surface area contributed by atoms with Gasteiger partial charge in [-0.25, -0.2) is 10.8 Å². The van der Waals surface area contributed by atoms with Crippen LogP contribution in [0.25, 0.3) is 11.0 Å². The van der Waals surface area contributed by atoms with Crippen molar-refractivity contribution in [3.63, 3.8) is 0 Å². The molecule has 0 aliphatic carbocycles. The molecule has 0 saturated heterocycles. The number of carbonyl (C=O) groups is 1. The van der Waals surface area contributed by atoms with Gasteiger partial charge in [-0.05, 0) is 31.0 Å². The van der Waals surface area contributed by atoms with Crippen molar-refractivity contribution in [3.05, 3.63) is 23.8 Å². The van der Waals surface area contributed by atoms with Crippen molar-refractivity contribution in [1.29, 1.82) is 0 Å². The Morgan fingerprint density at radius 3 is 3.17 bits per heavy atom. The van der Waals surface area contributed by atoms with Gasteiger partial charge < -0.3 is 4.98 Å². The molecule has 0 fully saturated rings. The van der Waals surface area contributed by atoms with Crippen LogP contribution in [0.4, 0.5) is 0 Å². The first-order chi connectivity index (χ1) is 8.69. The molecule has 2 rings (SSSR count). The van der Waals surface area contributed by atoms with E-state index in [1.54, 1.807) is 11.8 Å². The van der Waals surface area contributed by atoms with E-state index in [-0.39, 0.29) is 5.91 Å². The second-order valence-corrected chi connectivity index (χ2v) is 5.17. The first-order valence-corrected chi connectivity index (χ1v) is 6.76. The SMILES string of the molecule is Cc1ccc2nc(SCCCC(=O)NN)[nH]c2c1. The maximum absolute atomic E-state index is 10.9. The second-order valence-electron chi connectivity index (χ2n) is 4.08. The van der Waals surface area contributed by atoms with Crippen molar-refractivity contribution in [1.82, 2.24) is 15.4 Å². The molecule has 1 heterocycles. The van der Waals surface area contributed by atoms with Crippen molar-refractivity contribution < 1.29 is 4.79 Å². The van der Waals surface area contributed by atoms with Crippen molar-refractivity contribution in [2.24, 2.45) is 5.84 Å². The van der Waals surface area contributed by atoms with Gasteiger partial charge in [0, 0.05) is 12.2 Å². The largest absolute Gasteiger partial charge is 0.333 e. The molecule has 0 saturated carbocycles. The lowest BCUT2D eigenvalue weighted by Crippen LogP contribution is -2.29. The molecule has 2 aromatic rings. The summed E-state index contributed by atoms with van der Waals surface area (Å²) in [5.74, 6) is 5.72. The first kappa shape index (κ1) is 12.9. The second kappa shape index (κ2) is 5.88. The Balaban J connectivity index is 1.90. The zero-order chi connectivity index (χ0) is 13.0. The van der Waals surface area contributed by atoms with Gasteiger partial charge in [0.1, 0.15) is 0 Å². The number of benzene rings is 1. The van der Waals surface area contributed by atoms with Crippen molar-refractivity contribution in [3.8, 4) is 0 Å². The summed E-state index contributed by atoms with van der Waals surface area (Å²) in [6.07, 6.45) is 1.23. The average Bonchev–Trinajstić information content (AvgIpc) is 2.76. The number of aromatic nitrogens is 2. The Morgan fingerprint density at radius 2 is 2.39 bits per heavy atom. The number of H-pyrrole nitrogens is 1. The van der Waals surface area contributed by atoms with Gasteiger partial charge in [0.25, 0.3) is 0 Å². The minimum absolute atomic E-state index is 0.129. The van der Waals surface area contributed by atoms with Gasteiger partial charge in [0.2, 0.25) is 5.91 Å². The zero-order valence-electron chi connectivity index (χ0n) is 10.2. The molecule has 18 heavy (non-hydrogen) atoms. The number of fused-ring (bicyclic) bond motifs is 1. The molecule has 0 aliphatic heterocycles. The maximum atomic E-state index is 10.9. The molecule has 96 valence electrons. The Labute approximate surface area is 110 Å². The minimum atomic E-state index is -0.129. The number of carbonyl (C=O) groups excluding carboxylic acids is 1. The van der Waals surface area contributed by atoms with Crippen LogP contribution in [-0.4, -0.2) is 21.6 Å². The van der Waals surface area contributed by atoms with Crippen molar-refractivity contribution >= 4 is 28.7 Å². The first-order valence-electron chi connectivity index (χ1n) is 5.77. The zero-order valence-corrected chi connectivity index (χ0v) is 11.0. The van der Waals surface area contributed by atoms with E-state index in [1.807, 2.05) is 12.1 Å². The average molecular weight is 264 g/mol. The Bertz CT molecular complexity index is 552. The van der Waals surface area contributed by atoms with Gasteiger partial charge >= 0.3 is 0 Å². The lowest BCUT2D eigenvalue weighted by molar-refractivity contribution is -0.121. The highest BCUT2D eigenvalue weighted by atomic mass is 32.2. The number of nitrogens with one attached hydrogen (secondary N) is 2. The maximum Gasteiger partial charge on any atom is 0.233 e. The van der Waals surface area contributed by atoms with Gasteiger partial charge in [-0.15, -0.1) is 0 Å². The number of imidazole rings is 1. The molecule has 5 nitrogen and oxygen atoms in total. The third-order valence-electron chi connectivity index (χ3n) is 2.56. The monoisotopic (exact) mass is 264 g/mol. The summed E-state index contributed by atoms with van der Waals surface area (Å²) < 4.78 is 0. The quantitative estimate of drug-likeness (QED) is 0.252. The van der Waals surface area contributed by atoms with Crippen molar-refractivity contribution in [2.75, 3.05) is 5.75 Å². The summed E-state index contributed by atoms with van der Waals surface area (Å²) >= 11 is 1.62. The topological polar surface area (TPSA) is 83.8 Å². The number of hydrazine groups is 1. The lowest BCUT2D eigenvalue weighted by atomic mass is 10.2. The van der Waals surface area contributed by atoms with Crippen LogP contribution in [0.5, 0.6) is 0 Å². The fourth-order valence-electron chi connectivity index (χ4n) is 1.64. The summed E-state index contributed by atoms with van der Waals surface area (Å²) in [7, 11) is 0. The van der Waals surface area contributed by atoms with Crippen LogP contribution >= 0.6 is 11.8 Å². The number of hydrogen-bond acceptors (Lipinski definition) is 4. The van der Waals surface area contributed by atoms with Gasteiger partial charge in [-0.2, -0.15) is 0 Å². The number of aromatic amines is 1. The highest BCUT2D eigenvalue weighted by Crippen LogP contribution is 2.21. The van der Waals surface area contributed by atoms with E-state index >= 15 is 0 Å². The molecule has 1 aromatic heterocycles. The predicted molar refractivity (Wildman–Crippen MR) is 73.1 cm³/mol. The molecule has 0 unspecified atom stereocenters. The van der Waals surface area contributed by atoms with Gasteiger partial charge in [-0.1, -0.05) is 17.8 Å². The molecule has 0 bridgehead atoms. The molecule has 4 N–H and O–H groups in total. The van der Waals surface area contributed by atoms with Crippen LogP contribution in [0.2, 0.25) is 0 Å². The van der Waals surface area contributed by atoms with Crippen LogP contribution in [0.15, 0.2) is 23.4 Å². The number of aryl methyl sites for hydroxylation is 1. The summed E-state index contributed by atoms with van der Waals surface area (Å²) in [5.41, 5.74) is 5.36. The molecule has 6 heteroatoms. The molecule has 0 radical (unpaired) electrons. The third kappa shape index (κ3) is 3.24. The molecule has 1 amide bonds. The highest BCUT2D eigenvalue weighted by Gasteiger charge is 2.04. The predicted octanol–water partition coefficient (Wildman–Crippen LogP) is 1.73. The van der Waals surface area contributed by atoms with Crippen molar-refractivity contribution in [2.45, 2.75) is 24.9 Å². The van der Waals surface area contributed by atoms with Crippen LogP contribution in [0.3, 0.4) is 0 Å². The summed E-state index contributed by atoms with van der Waals surface area (Å²) in [4.78, 5) is 18.7. The van der Waals surface area contributed by atoms with E-state index in [2.05, 4.69) is 28.4 Å². The Morgan fingerprint density at radius 1 is 1.56 bits per heavy atom. The number of amides is 1. The van der Waals surface area contributed by atoms with Crippen LogP contribution in [-0.2, 0) is 4.79 Å². The van der Waals surface area contributed by atoms with Crippen LogP contribution in [0.1, 0.15) is 18.4 Å². The molecule has 1 aromatic carbocycles. The summed E-state index contributed by atoms with van der Waals surface area (Å²) in [6.45, 7) is 2.05. The third-order valence-corrected chi connectivity index (χ3v) is 3.52. The van der Waals surface area contributed by atoms with Gasteiger partial charge in [-0.3, -0.25) is 10.2 Å².